The van der Waals surface area contributed by atoms with Crippen molar-refractivity contribution in [1.82, 2.24) is 15.2 Å². The molecule has 1 N–H and O–H groups in total. The van der Waals surface area contributed by atoms with Crippen LogP contribution in [0.2, 0.25) is 0 Å². The van der Waals surface area contributed by atoms with Crippen LogP contribution in [0.3, 0.4) is 0 Å². The van der Waals surface area contributed by atoms with Gasteiger partial charge in [0.2, 0.25) is 5.91 Å². The summed E-state index contributed by atoms with van der Waals surface area (Å²) >= 11 is 0. The maximum atomic E-state index is 12.5. The number of carbonyl (C=O) groups is 1. The average Bonchev–Trinajstić information content (AvgIpc) is 3.14. The largest absolute Gasteiger partial charge is 0.465 e. The minimum absolute atomic E-state index is 0.0349. The molecule has 1 spiro atoms. The molecule has 1 amide bonds. The topological polar surface area (TPSA) is 58.4 Å². The number of pyridine rings is 1. The Balaban J connectivity index is 1.39. The molecule has 2 aliphatic heterocycles. The third-order valence-corrected chi connectivity index (χ3v) is 5.40. The summed E-state index contributed by atoms with van der Waals surface area (Å²) in [5.74, 6) is 2.11. The maximum absolute atomic E-state index is 12.5. The second-order valence-electron chi connectivity index (χ2n) is 7.10. The number of carbonyl (C=O) groups excluding carboxylic acids is 1. The first-order chi connectivity index (χ1) is 11.6. The van der Waals surface area contributed by atoms with Crippen molar-refractivity contribution in [1.29, 1.82) is 0 Å². The summed E-state index contributed by atoms with van der Waals surface area (Å²) in [5.41, 5.74) is 1.04. The highest BCUT2D eigenvalue weighted by molar-refractivity contribution is 5.87. The zero-order chi connectivity index (χ0) is 16.6. The van der Waals surface area contributed by atoms with E-state index in [1.54, 1.807) is 12.4 Å². The van der Waals surface area contributed by atoms with Gasteiger partial charge in [-0.2, -0.15) is 0 Å². The molecule has 1 atom stereocenters. The van der Waals surface area contributed by atoms with Gasteiger partial charge < -0.3 is 9.73 Å². The van der Waals surface area contributed by atoms with Gasteiger partial charge in [0.1, 0.15) is 11.5 Å². The minimum Gasteiger partial charge on any atom is -0.465 e. The number of nitrogens with zero attached hydrogens (tertiary/aromatic N) is 2. The van der Waals surface area contributed by atoms with Crippen LogP contribution in [0.5, 0.6) is 0 Å². The molecule has 0 saturated carbocycles. The fourth-order valence-electron chi connectivity index (χ4n) is 4.01. The Bertz CT molecular complexity index is 717. The van der Waals surface area contributed by atoms with E-state index in [-0.39, 0.29) is 17.4 Å². The summed E-state index contributed by atoms with van der Waals surface area (Å²) in [6.07, 6.45) is 6.42. The first kappa shape index (κ1) is 15.4. The number of nitrogens with one attached hydrogen (secondary N) is 1. The smallest absolute Gasteiger partial charge is 0.228 e. The SMILES string of the molecule is Cc1ccc(CN2CCC3(CC2)C[C@@H](c2ccncc2)C(=O)N3)o1. The van der Waals surface area contributed by atoms with Gasteiger partial charge in [-0.05, 0) is 56.0 Å². The maximum Gasteiger partial charge on any atom is 0.228 e. The van der Waals surface area contributed by atoms with Gasteiger partial charge in [0.05, 0.1) is 12.5 Å². The number of likely N-dealkylation sites (tertiary alicyclic amines) is 1. The Hall–Kier alpha value is -2.14. The minimum atomic E-state index is -0.0411. The lowest BCUT2D eigenvalue weighted by molar-refractivity contribution is -0.121. The predicted octanol–water partition coefficient (Wildman–Crippen LogP) is 2.62. The van der Waals surface area contributed by atoms with Crippen LogP contribution in [-0.2, 0) is 11.3 Å². The van der Waals surface area contributed by atoms with E-state index in [0.29, 0.717) is 0 Å². The highest BCUT2D eigenvalue weighted by atomic mass is 16.3. The fourth-order valence-corrected chi connectivity index (χ4v) is 4.01. The molecule has 126 valence electrons. The molecule has 2 aliphatic rings. The quantitative estimate of drug-likeness (QED) is 0.942. The van der Waals surface area contributed by atoms with Crippen molar-refractivity contribution in [2.45, 2.75) is 44.2 Å². The lowest BCUT2D eigenvalue weighted by Gasteiger charge is -2.39. The predicted molar refractivity (Wildman–Crippen MR) is 90.4 cm³/mol. The highest BCUT2D eigenvalue weighted by Gasteiger charge is 2.46. The van der Waals surface area contributed by atoms with Gasteiger partial charge in [0.15, 0.2) is 0 Å². The van der Waals surface area contributed by atoms with Gasteiger partial charge in [-0.3, -0.25) is 14.7 Å². The first-order valence-electron chi connectivity index (χ1n) is 8.63. The van der Waals surface area contributed by atoms with Gasteiger partial charge >= 0.3 is 0 Å². The van der Waals surface area contributed by atoms with Crippen molar-refractivity contribution in [2.24, 2.45) is 0 Å². The van der Waals surface area contributed by atoms with Gasteiger partial charge in [0.25, 0.3) is 0 Å². The number of hydrogen-bond acceptors (Lipinski definition) is 4. The number of rotatable bonds is 3. The van der Waals surface area contributed by atoms with Crippen LogP contribution in [0.1, 0.15) is 42.3 Å². The van der Waals surface area contributed by atoms with E-state index >= 15 is 0 Å². The third-order valence-electron chi connectivity index (χ3n) is 5.40. The summed E-state index contributed by atoms with van der Waals surface area (Å²) in [6.45, 7) is 4.81. The molecule has 4 rings (SSSR count). The number of amides is 1. The van der Waals surface area contributed by atoms with Crippen LogP contribution >= 0.6 is 0 Å². The standard InChI is InChI=1S/C19H23N3O2/c1-14-2-3-16(24-14)13-22-10-6-19(7-11-22)12-17(18(23)21-19)15-4-8-20-9-5-15/h2-5,8-9,17H,6-7,10-13H2,1H3,(H,21,23)/t17-/m0/s1. The molecule has 0 aromatic carbocycles. The normalized spacial score (nSPS) is 23.5. The Morgan fingerprint density at radius 2 is 2.00 bits per heavy atom. The lowest BCUT2D eigenvalue weighted by atomic mass is 9.82. The zero-order valence-corrected chi connectivity index (χ0v) is 14.0. The third kappa shape index (κ3) is 2.96. The van der Waals surface area contributed by atoms with E-state index in [9.17, 15) is 4.79 Å². The highest BCUT2D eigenvalue weighted by Crippen LogP contribution is 2.39. The van der Waals surface area contributed by atoms with Crippen molar-refractivity contribution in [3.05, 3.63) is 53.7 Å². The van der Waals surface area contributed by atoms with E-state index in [2.05, 4.69) is 21.3 Å². The van der Waals surface area contributed by atoms with Crippen molar-refractivity contribution in [3.63, 3.8) is 0 Å². The van der Waals surface area contributed by atoms with Crippen LogP contribution in [0.15, 0.2) is 41.1 Å². The first-order valence-corrected chi connectivity index (χ1v) is 8.63. The molecule has 2 fully saturated rings. The van der Waals surface area contributed by atoms with Crippen LogP contribution in [0, 0.1) is 6.92 Å². The Morgan fingerprint density at radius 1 is 1.25 bits per heavy atom. The van der Waals surface area contributed by atoms with E-state index in [4.69, 9.17) is 4.42 Å². The molecule has 4 heterocycles. The number of hydrogen-bond donors (Lipinski definition) is 1. The zero-order valence-electron chi connectivity index (χ0n) is 14.0. The monoisotopic (exact) mass is 325 g/mol. The Labute approximate surface area is 142 Å². The van der Waals surface area contributed by atoms with E-state index in [0.717, 1.165) is 56.0 Å². The summed E-state index contributed by atoms with van der Waals surface area (Å²) in [7, 11) is 0. The lowest BCUT2D eigenvalue weighted by Crippen LogP contribution is -2.50. The second kappa shape index (κ2) is 6.06. The van der Waals surface area contributed by atoms with Gasteiger partial charge in [-0.1, -0.05) is 0 Å². The molecule has 5 heteroatoms. The Kier molecular flexibility index (Phi) is 3.88. The molecule has 0 bridgehead atoms. The molecule has 5 nitrogen and oxygen atoms in total. The molecule has 2 aromatic heterocycles. The van der Waals surface area contributed by atoms with E-state index in [1.165, 1.54) is 0 Å². The molecule has 0 radical (unpaired) electrons. The number of aromatic nitrogens is 1. The number of furan rings is 1. The van der Waals surface area contributed by atoms with Gasteiger partial charge in [0, 0.05) is 31.0 Å². The van der Waals surface area contributed by atoms with Crippen LogP contribution < -0.4 is 5.32 Å². The van der Waals surface area contributed by atoms with Crippen LogP contribution in [0.25, 0.3) is 0 Å². The molecule has 0 unspecified atom stereocenters. The fraction of sp³-hybridized carbons (Fsp3) is 0.474. The molecule has 2 aromatic rings. The van der Waals surface area contributed by atoms with E-state index in [1.807, 2.05) is 25.1 Å². The van der Waals surface area contributed by atoms with Crippen molar-refractivity contribution in [3.8, 4) is 0 Å². The second-order valence-corrected chi connectivity index (χ2v) is 7.10. The molecular formula is C19H23N3O2. The van der Waals surface area contributed by atoms with E-state index < -0.39 is 0 Å². The molecule has 24 heavy (non-hydrogen) atoms. The van der Waals surface area contributed by atoms with Crippen molar-refractivity contribution >= 4 is 5.91 Å². The number of aryl methyl sites for hydroxylation is 1. The molecule has 0 aliphatic carbocycles. The van der Waals surface area contributed by atoms with Crippen LogP contribution in [0.4, 0.5) is 0 Å². The Morgan fingerprint density at radius 3 is 2.67 bits per heavy atom. The van der Waals surface area contributed by atoms with Gasteiger partial charge in [-0.15, -0.1) is 0 Å². The average molecular weight is 325 g/mol. The summed E-state index contributed by atoms with van der Waals surface area (Å²) < 4.78 is 5.68. The summed E-state index contributed by atoms with van der Waals surface area (Å²) in [4.78, 5) is 18.9. The van der Waals surface area contributed by atoms with Gasteiger partial charge in [-0.25, -0.2) is 0 Å². The summed E-state index contributed by atoms with van der Waals surface area (Å²) in [6, 6.07) is 7.98. The van der Waals surface area contributed by atoms with Crippen LogP contribution in [-0.4, -0.2) is 34.4 Å². The molecular weight excluding hydrogens is 302 g/mol. The van der Waals surface area contributed by atoms with Crippen molar-refractivity contribution < 1.29 is 9.21 Å². The summed E-state index contributed by atoms with van der Waals surface area (Å²) in [5, 5.41) is 3.30. The number of piperidine rings is 1. The molecule has 2 saturated heterocycles. The van der Waals surface area contributed by atoms with Crippen molar-refractivity contribution in [2.75, 3.05) is 13.1 Å².